The van der Waals surface area contributed by atoms with E-state index in [-0.39, 0.29) is 12.5 Å². The maximum Gasteiger partial charge on any atom is 0.267 e. The van der Waals surface area contributed by atoms with Crippen LogP contribution in [0.3, 0.4) is 0 Å². The van der Waals surface area contributed by atoms with Crippen LogP contribution in [0.15, 0.2) is 42.6 Å². The van der Waals surface area contributed by atoms with Gasteiger partial charge in [-0.05, 0) is 23.3 Å². The Morgan fingerprint density at radius 1 is 1.24 bits per heavy atom. The van der Waals surface area contributed by atoms with Crippen molar-refractivity contribution >= 4 is 5.91 Å². The number of hydrogen-bond acceptors (Lipinski definition) is 2. The van der Waals surface area contributed by atoms with Crippen LogP contribution in [0.2, 0.25) is 0 Å². The molecule has 88 valence electrons. The Morgan fingerprint density at radius 3 is 2.76 bits per heavy atom. The maximum absolute atomic E-state index is 11.6. The van der Waals surface area contributed by atoms with Gasteiger partial charge in [-0.15, -0.1) is 0 Å². The summed E-state index contributed by atoms with van der Waals surface area (Å²) in [7, 11) is 0. The summed E-state index contributed by atoms with van der Waals surface area (Å²) in [5, 5.41) is 11.8. The second-order valence-corrected chi connectivity index (χ2v) is 3.74. The molecule has 2 rings (SSSR count). The molecule has 0 saturated carbocycles. The van der Waals surface area contributed by atoms with Crippen molar-refractivity contribution in [2.24, 2.45) is 0 Å². The molecular weight excluding hydrogens is 216 g/mol. The van der Waals surface area contributed by atoms with Crippen molar-refractivity contribution in [2.45, 2.75) is 13.2 Å². The van der Waals surface area contributed by atoms with Crippen LogP contribution in [0.5, 0.6) is 0 Å². The van der Waals surface area contributed by atoms with Crippen LogP contribution in [-0.2, 0) is 13.2 Å². The molecule has 0 fully saturated rings. The minimum atomic E-state index is -0.135. The minimum absolute atomic E-state index is 0.0123. The van der Waals surface area contributed by atoms with E-state index in [1.165, 1.54) is 0 Å². The quantitative estimate of drug-likeness (QED) is 0.744. The van der Waals surface area contributed by atoms with Gasteiger partial charge >= 0.3 is 0 Å². The SMILES string of the molecule is O=C(NCc1cccc(CO)c1)c1ccc[nH]1. The Bertz CT molecular complexity index is 492. The van der Waals surface area contributed by atoms with E-state index >= 15 is 0 Å². The number of nitrogens with one attached hydrogen (secondary N) is 2. The molecule has 4 nitrogen and oxygen atoms in total. The largest absolute Gasteiger partial charge is 0.392 e. The van der Waals surface area contributed by atoms with E-state index in [9.17, 15) is 4.79 Å². The summed E-state index contributed by atoms with van der Waals surface area (Å²) in [4.78, 5) is 14.5. The van der Waals surface area contributed by atoms with Crippen molar-refractivity contribution in [2.75, 3.05) is 0 Å². The topological polar surface area (TPSA) is 65.1 Å². The molecule has 1 heterocycles. The second-order valence-electron chi connectivity index (χ2n) is 3.74. The maximum atomic E-state index is 11.6. The monoisotopic (exact) mass is 230 g/mol. The molecule has 0 spiro atoms. The van der Waals surface area contributed by atoms with E-state index in [1.807, 2.05) is 24.3 Å². The lowest BCUT2D eigenvalue weighted by Gasteiger charge is -2.05. The van der Waals surface area contributed by atoms with Crippen molar-refractivity contribution in [3.63, 3.8) is 0 Å². The lowest BCUT2D eigenvalue weighted by Crippen LogP contribution is -2.23. The zero-order valence-electron chi connectivity index (χ0n) is 9.31. The van der Waals surface area contributed by atoms with Crippen LogP contribution < -0.4 is 5.32 Å². The smallest absolute Gasteiger partial charge is 0.267 e. The molecule has 0 aliphatic rings. The van der Waals surface area contributed by atoms with Gasteiger partial charge in [0, 0.05) is 12.7 Å². The number of aromatic nitrogens is 1. The van der Waals surface area contributed by atoms with Crippen molar-refractivity contribution in [3.05, 3.63) is 59.4 Å². The fraction of sp³-hybridized carbons (Fsp3) is 0.154. The lowest BCUT2D eigenvalue weighted by molar-refractivity contribution is 0.0946. The molecule has 0 radical (unpaired) electrons. The fourth-order valence-electron chi connectivity index (χ4n) is 1.59. The number of rotatable bonds is 4. The molecule has 1 aromatic heterocycles. The highest BCUT2D eigenvalue weighted by atomic mass is 16.3. The van der Waals surface area contributed by atoms with E-state index in [0.717, 1.165) is 11.1 Å². The van der Waals surface area contributed by atoms with Crippen LogP contribution in [-0.4, -0.2) is 16.0 Å². The van der Waals surface area contributed by atoms with Gasteiger partial charge in [-0.1, -0.05) is 24.3 Å². The first-order valence-electron chi connectivity index (χ1n) is 5.40. The zero-order valence-corrected chi connectivity index (χ0v) is 9.31. The lowest BCUT2D eigenvalue weighted by atomic mass is 10.1. The Balaban J connectivity index is 1.95. The van der Waals surface area contributed by atoms with Gasteiger partial charge < -0.3 is 15.4 Å². The van der Waals surface area contributed by atoms with Crippen LogP contribution in [0, 0.1) is 0 Å². The number of carbonyl (C=O) groups excluding carboxylic acids is 1. The van der Waals surface area contributed by atoms with Crippen LogP contribution in [0.1, 0.15) is 21.6 Å². The average Bonchev–Trinajstić information content (AvgIpc) is 2.90. The van der Waals surface area contributed by atoms with Gasteiger partial charge in [0.15, 0.2) is 0 Å². The molecule has 0 aliphatic carbocycles. The van der Waals surface area contributed by atoms with Gasteiger partial charge in [-0.25, -0.2) is 0 Å². The predicted octanol–water partition coefficient (Wildman–Crippen LogP) is 1.44. The number of aromatic amines is 1. The molecule has 0 saturated heterocycles. The number of H-pyrrole nitrogens is 1. The van der Waals surface area contributed by atoms with Crippen molar-refractivity contribution in [1.29, 1.82) is 0 Å². The standard InChI is InChI=1S/C13H14N2O2/c16-9-11-4-1-3-10(7-11)8-15-13(17)12-5-2-6-14-12/h1-7,14,16H,8-9H2,(H,15,17). The molecule has 3 N–H and O–H groups in total. The summed E-state index contributed by atoms with van der Waals surface area (Å²) >= 11 is 0. The van der Waals surface area contributed by atoms with E-state index in [0.29, 0.717) is 12.2 Å². The highest BCUT2D eigenvalue weighted by Crippen LogP contribution is 2.05. The number of aliphatic hydroxyl groups excluding tert-OH is 1. The molecule has 4 heteroatoms. The van der Waals surface area contributed by atoms with Gasteiger partial charge in [0.25, 0.3) is 5.91 Å². The van der Waals surface area contributed by atoms with Crippen LogP contribution in [0.4, 0.5) is 0 Å². The Labute approximate surface area is 99.3 Å². The summed E-state index contributed by atoms with van der Waals surface area (Å²) in [6.45, 7) is 0.462. The minimum Gasteiger partial charge on any atom is -0.392 e. The van der Waals surface area contributed by atoms with Crippen molar-refractivity contribution < 1.29 is 9.90 Å². The summed E-state index contributed by atoms with van der Waals surface area (Å²) < 4.78 is 0. The molecule has 1 aromatic carbocycles. The average molecular weight is 230 g/mol. The Hall–Kier alpha value is -2.07. The number of hydrogen-bond donors (Lipinski definition) is 3. The zero-order chi connectivity index (χ0) is 12.1. The first-order valence-corrected chi connectivity index (χ1v) is 5.40. The molecule has 2 aromatic rings. The van der Waals surface area contributed by atoms with Gasteiger partial charge in [0.1, 0.15) is 5.69 Å². The predicted molar refractivity (Wildman–Crippen MR) is 64.3 cm³/mol. The molecule has 0 unspecified atom stereocenters. The summed E-state index contributed by atoms with van der Waals surface area (Å²) in [6.07, 6.45) is 1.71. The third-order valence-corrected chi connectivity index (χ3v) is 2.47. The number of aliphatic hydroxyl groups is 1. The summed E-state index contributed by atoms with van der Waals surface area (Å²) in [5.74, 6) is -0.135. The molecular formula is C13H14N2O2. The molecule has 17 heavy (non-hydrogen) atoms. The molecule has 0 bridgehead atoms. The van der Waals surface area contributed by atoms with Crippen LogP contribution >= 0.6 is 0 Å². The first-order chi connectivity index (χ1) is 8.29. The van der Waals surface area contributed by atoms with Gasteiger partial charge in [-0.3, -0.25) is 4.79 Å². The van der Waals surface area contributed by atoms with Gasteiger partial charge in [0.2, 0.25) is 0 Å². The van der Waals surface area contributed by atoms with E-state index in [1.54, 1.807) is 18.3 Å². The van der Waals surface area contributed by atoms with Crippen LogP contribution in [0.25, 0.3) is 0 Å². The number of amides is 1. The number of benzene rings is 1. The molecule has 1 amide bonds. The Kier molecular flexibility index (Phi) is 3.57. The van der Waals surface area contributed by atoms with E-state index < -0.39 is 0 Å². The normalized spacial score (nSPS) is 10.2. The number of carbonyl (C=O) groups is 1. The Morgan fingerprint density at radius 2 is 2.06 bits per heavy atom. The molecule has 0 atom stereocenters. The van der Waals surface area contributed by atoms with Crippen molar-refractivity contribution in [3.8, 4) is 0 Å². The third-order valence-electron chi connectivity index (χ3n) is 2.47. The molecule has 0 aliphatic heterocycles. The fourth-order valence-corrected chi connectivity index (χ4v) is 1.59. The van der Waals surface area contributed by atoms with E-state index in [2.05, 4.69) is 10.3 Å². The highest BCUT2D eigenvalue weighted by Gasteiger charge is 2.04. The summed E-state index contributed by atoms with van der Waals surface area (Å²) in [5.41, 5.74) is 2.36. The van der Waals surface area contributed by atoms with E-state index in [4.69, 9.17) is 5.11 Å². The first kappa shape index (κ1) is 11.4. The summed E-state index contributed by atoms with van der Waals surface area (Å²) in [6, 6.07) is 11.0. The third kappa shape index (κ3) is 2.95. The van der Waals surface area contributed by atoms with Crippen molar-refractivity contribution in [1.82, 2.24) is 10.3 Å². The second kappa shape index (κ2) is 5.32. The van der Waals surface area contributed by atoms with Gasteiger partial charge in [-0.2, -0.15) is 0 Å². The highest BCUT2D eigenvalue weighted by molar-refractivity contribution is 5.92. The van der Waals surface area contributed by atoms with Gasteiger partial charge in [0.05, 0.1) is 6.61 Å².